The van der Waals surface area contributed by atoms with Crippen molar-refractivity contribution in [2.75, 3.05) is 18.0 Å². The van der Waals surface area contributed by atoms with Gasteiger partial charge in [0.1, 0.15) is 5.75 Å². The number of halogens is 1. The third kappa shape index (κ3) is 3.48. The van der Waals surface area contributed by atoms with E-state index in [-0.39, 0.29) is 26.5 Å². The maximum atomic E-state index is 13.6. The molecule has 0 saturated carbocycles. The van der Waals surface area contributed by atoms with Crippen LogP contribution in [0.1, 0.15) is 12.0 Å². The summed E-state index contributed by atoms with van der Waals surface area (Å²) in [5.41, 5.74) is 0.393. The normalized spacial score (nSPS) is 13.6. The molecule has 0 spiro atoms. The molecule has 5 rings (SSSR count). The molecular formula is C24H20ClN3O5S. The summed E-state index contributed by atoms with van der Waals surface area (Å²) in [7, 11) is -2.54. The Morgan fingerprint density at radius 3 is 2.59 bits per heavy atom. The summed E-state index contributed by atoms with van der Waals surface area (Å²) in [6.07, 6.45) is 1.47. The number of nitrogens with zero attached hydrogens (tertiary/aromatic N) is 2. The highest BCUT2D eigenvalue weighted by molar-refractivity contribution is 7.92. The van der Waals surface area contributed by atoms with Crippen molar-refractivity contribution in [2.24, 2.45) is 0 Å². The Labute approximate surface area is 200 Å². The first kappa shape index (κ1) is 22.2. The second-order valence-corrected chi connectivity index (χ2v) is 10.1. The molecular weight excluding hydrogens is 478 g/mol. The number of rotatable bonds is 4. The summed E-state index contributed by atoms with van der Waals surface area (Å²) < 4.78 is 34.6. The van der Waals surface area contributed by atoms with Crippen LogP contribution < -0.4 is 20.3 Å². The van der Waals surface area contributed by atoms with Gasteiger partial charge in [0, 0.05) is 6.54 Å². The van der Waals surface area contributed by atoms with Crippen molar-refractivity contribution in [2.45, 2.75) is 17.7 Å². The Hall–Kier alpha value is -3.56. The molecule has 34 heavy (non-hydrogen) atoms. The van der Waals surface area contributed by atoms with Gasteiger partial charge in [-0.3, -0.25) is 9.10 Å². The minimum Gasteiger partial charge on any atom is -0.495 e. The molecule has 1 aliphatic rings. The van der Waals surface area contributed by atoms with Crippen LogP contribution in [0.4, 0.5) is 5.69 Å². The van der Waals surface area contributed by atoms with Gasteiger partial charge >= 0.3 is 5.69 Å². The van der Waals surface area contributed by atoms with Crippen LogP contribution >= 0.6 is 11.6 Å². The lowest BCUT2D eigenvalue weighted by molar-refractivity contribution is 0.418. The summed E-state index contributed by atoms with van der Waals surface area (Å²) in [6, 6.07) is 16.2. The average Bonchev–Trinajstić information content (AvgIpc) is 2.84. The fraction of sp³-hybridized carbons (Fsp3) is 0.167. The Morgan fingerprint density at radius 2 is 1.79 bits per heavy atom. The van der Waals surface area contributed by atoms with Gasteiger partial charge in [0.05, 0.1) is 39.3 Å². The van der Waals surface area contributed by atoms with Gasteiger partial charge in [-0.25, -0.2) is 17.8 Å². The molecule has 0 aliphatic carbocycles. The van der Waals surface area contributed by atoms with Crippen LogP contribution in [0.25, 0.3) is 16.6 Å². The minimum absolute atomic E-state index is 0.0241. The third-order valence-corrected chi connectivity index (χ3v) is 8.06. The van der Waals surface area contributed by atoms with E-state index >= 15 is 0 Å². The van der Waals surface area contributed by atoms with Crippen molar-refractivity contribution in [3.05, 3.63) is 92.1 Å². The van der Waals surface area contributed by atoms with Crippen molar-refractivity contribution in [1.82, 2.24) is 9.55 Å². The van der Waals surface area contributed by atoms with Crippen molar-refractivity contribution in [3.63, 3.8) is 0 Å². The standard InChI is InChI=1S/C24H20ClN3O5S/c1-33-21-10-4-8-17-22(21)26-24(30)28(23(17)29)20-14-16(11-12-18(20)25)34(31,32)27-13-5-7-15-6-2-3-9-19(15)27/h2-4,6,8-12,14H,5,7,13H2,1H3,(H,26,30). The highest BCUT2D eigenvalue weighted by Crippen LogP contribution is 2.33. The average molecular weight is 498 g/mol. The zero-order valence-corrected chi connectivity index (χ0v) is 19.7. The van der Waals surface area contributed by atoms with E-state index in [2.05, 4.69) is 4.98 Å². The first-order valence-electron chi connectivity index (χ1n) is 10.6. The number of H-pyrrole nitrogens is 1. The number of ether oxygens (including phenoxy) is 1. The van der Waals surface area contributed by atoms with Crippen LogP contribution in [0.2, 0.25) is 5.02 Å². The number of sulfonamides is 1. The van der Waals surface area contributed by atoms with E-state index in [1.165, 1.54) is 29.6 Å². The van der Waals surface area contributed by atoms with E-state index in [4.69, 9.17) is 16.3 Å². The number of fused-ring (bicyclic) bond motifs is 2. The second-order valence-electron chi connectivity index (χ2n) is 7.88. The van der Waals surface area contributed by atoms with E-state index in [0.29, 0.717) is 24.4 Å². The zero-order valence-electron chi connectivity index (χ0n) is 18.1. The summed E-state index contributed by atoms with van der Waals surface area (Å²) in [5, 5.41) is 0.265. The van der Waals surface area contributed by atoms with Gasteiger partial charge < -0.3 is 9.72 Å². The fourth-order valence-corrected chi connectivity index (χ4v) is 6.07. The number of aromatic nitrogens is 2. The van der Waals surface area contributed by atoms with Gasteiger partial charge in [0.25, 0.3) is 15.6 Å². The van der Waals surface area contributed by atoms with Gasteiger partial charge in [0.2, 0.25) is 0 Å². The van der Waals surface area contributed by atoms with Crippen LogP contribution in [0.5, 0.6) is 5.75 Å². The van der Waals surface area contributed by atoms with Crippen molar-refractivity contribution >= 4 is 38.2 Å². The Balaban J connectivity index is 1.69. The molecule has 0 saturated heterocycles. The van der Waals surface area contributed by atoms with Gasteiger partial charge in [-0.15, -0.1) is 0 Å². The van der Waals surface area contributed by atoms with Crippen molar-refractivity contribution in [1.29, 1.82) is 0 Å². The maximum absolute atomic E-state index is 13.6. The number of hydrogen-bond acceptors (Lipinski definition) is 5. The van der Waals surface area contributed by atoms with Gasteiger partial charge in [-0.1, -0.05) is 35.9 Å². The molecule has 8 nitrogen and oxygen atoms in total. The Bertz CT molecular complexity index is 1660. The van der Waals surface area contributed by atoms with Crippen LogP contribution in [-0.4, -0.2) is 31.6 Å². The van der Waals surface area contributed by atoms with Crippen molar-refractivity contribution in [3.8, 4) is 11.4 Å². The molecule has 1 aliphatic heterocycles. The van der Waals surface area contributed by atoms with Crippen LogP contribution in [0, 0.1) is 0 Å². The third-order valence-electron chi connectivity index (χ3n) is 5.93. The molecule has 0 atom stereocenters. The van der Waals surface area contributed by atoms with Crippen LogP contribution in [-0.2, 0) is 16.4 Å². The van der Waals surface area contributed by atoms with Crippen LogP contribution in [0.15, 0.2) is 75.1 Å². The highest BCUT2D eigenvalue weighted by Gasteiger charge is 2.30. The predicted octanol–water partition coefficient (Wildman–Crippen LogP) is 3.48. The van der Waals surface area contributed by atoms with Gasteiger partial charge in [-0.05, 0) is 54.8 Å². The number of para-hydroxylation sites is 2. The fourth-order valence-electron chi connectivity index (χ4n) is 4.30. The Kier molecular flexibility index (Phi) is 5.45. The van der Waals surface area contributed by atoms with E-state index in [0.717, 1.165) is 16.6 Å². The monoisotopic (exact) mass is 497 g/mol. The predicted molar refractivity (Wildman–Crippen MR) is 131 cm³/mol. The molecule has 0 bridgehead atoms. The summed E-state index contributed by atoms with van der Waals surface area (Å²) in [4.78, 5) is 28.8. The lowest BCUT2D eigenvalue weighted by atomic mass is 10.0. The lowest BCUT2D eigenvalue weighted by Gasteiger charge is -2.30. The number of nitrogens with one attached hydrogen (secondary N) is 1. The molecule has 10 heteroatoms. The summed E-state index contributed by atoms with van der Waals surface area (Å²) >= 11 is 6.36. The van der Waals surface area contributed by atoms with E-state index in [1.54, 1.807) is 30.3 Å². The smallest absolute Gasteiger partial charge is 0.333 e. The number of hydrogen-bond donors (Lipinski definition) is 1. The number of aromatic amines is 1. The van der Waals surface area contributed by atoms with E-state index < -0.39 is 21.3 Å². The summed E-state index contributed by atoms with van der Waals surface area (Å²) in [6.45, 7) is 0.327. The number of methoxy groups -OCH3 is 1. The molecule has 0 unspecified atom stereocenters. The van der Waals surface area contributed by atoms with Gasteiger partial charge in [-0.2, -0.15) is 0 Å². The second kappa shape index (κ2) is 8.34. The number of aryl methyl sites for hydroxylation is 1. The molecule has 0 amide bonds. The first-order chi connectivity index (χ1) is 16.3. The summed E-state index contributed by atoms with van der Waals surface area (Å²) in [5.74, 6) is 0.338. The number of benzene rings is 3. The molecule has 0 radical (unpaired) electrons. The topological polar surface area (TPSA) is 101 Å². The highest BCUT2D eigenvalue weighted by atomic mass is 35.5. The molecule has 1 aromatic heterocycles. The van der Waals surface area contributed by atoms with E-state index in [9.17, 15) is 18.0 Å². The minimum atomic E-state index is -3.97. The first-order valence-corrected chi connectivity index (χ1v) is 12.4. The molecule has 174 valence electrons. The molecule has 2 heterocycles. The Morgan fingerprint density at radius 1 is 1.00 bits per heavy atom. The van der Waals surface area contributed by atoms with Gasteiger partial charge in [0.15, 0.2) is 0 Å². The SMILES string of the molecule is COc1cccc2c(=O)n(-c3cc(S(=O)(=O)N4CCCc5ccccc54)ccc3Cl)c(=O)[nH]c12. The maximum Gasteiger partial charge on any atom is 0.333 e. The largest absolute Gasteiger partial charge is 0.495 e. The molecule has 3 aromatic carbocycles. The van der Waals surface area contributed by atoms with Crippen molar-refractivity contribution < 1.29 is 13.2 Å². The van der Waals surface area contributed by atoms with Crippen LogP contribution in [0.3, 0.4) is 0 Å². The van der Waals surface area contributed by atoms with E-state index in [1.807, 2.05) is 12.1 Å². The zero-order chi connectivity index (χ0) is 24.0. The molecule has 4 aromatic rings. The molecule has 0 fully saturated rings. The number of anilines is 1. The lowest BCUT2D eigenvalue weighted by Crippen LogP contribution is -2.36. The molecule has 1 N–H and O–H groups in total. The quantitative estimate of drug-likeness (QED) is 0.465.